The zero-order valence-corrected chi connectivity index (χ0v) is 16.9. The van der Waals surface area contributed by atoms with Crippen molar-refractivity contribution < 1.29 is 17.5 Å². The Hall–Kier alpha value is -1.48. The van der Waals surface area contributed by atoms with E-state index in [1.807, 2.05) is 11.3 Å². The summed E-state index contributed by atoms with van der Waals surface area (Å²) in [6.45, 7) is 2.93. The van der Waals surface area contributed by atoms with Crippen molar-refractivity contribution >= 4 is 21.4 Å². The lowest BCUT2D eigenvalue weighted by Crippen LogP contribution is -2.47. The summed E-state index contributed by atoms with van der Waals surface area (Å²) < 4.78 is 46.0. The summed E-state index contributed by atoms with van der Waals surface area (Å²) in [4.78, 5) is 3.94. The second kappa shape index (κ2) is 7.50. The molecule has 2 aromatic rings. The Morgan fingerprint density at radius 3 is 2.67 bits per heavy atom. The number of halogens is 1. The monoisotopic (exact) mass is 410 g/mol. The molecule has 1 aromatic heterocycles. The predicted molar refractivity (Wildman–Crippen MR) is 103 cm³/mol. The number of fused-ring (bicyclic) bond motifs is 1. The van der Waals surface area contributed by atoms with Gasteiger partial charge in [0.2, 0.25) is 10.0 Å². The minimum Gasteiger partial charge on any atom is -0.494 e. The van der Waals surface area contributed by atoms with Crippen LogP contribution < -0.4 is 4.74 Å². The second-order valence-corrected chi connectivity index (χ2v) is 9.96. The lowest BCUT2D eigenvalue weighted by molar-refractivity contribution is 0.127. The summed E-state index contributed by atoms with van der Waals surface area (Å²) in [5, 5.41) is 2.15. The standard InChI is InChI=1S/C19H23FN2O3S2/c1-25-18-3-2-16(12-17(18)20)27(23,24)22-9-4-15(5-10-22)21-8-6-19-14(13-21)7-11-26-19/h2-3,7,11-12,15H,4-6,8-10,13H2,1H3. The molecule has 0 bridgehead atoms. The van der Waals surface area contributed by atoms with Gasteiger partial charge < -0.3 is 4.74 Å². The molecule has 0 amide bonds. The Labute approximate surface area is 163 Å². The van der Waals surface area contributed by atoms with E-state index < -0.39 is 15.8 Å². The molecule has 2 aliphatic rings. The third-order valence-electron chi connectivity index (χ3n) is 5.54. The molecule has 146 valence electrons. The maximum atomic E-state index is 13.9. The van der Waals surface area contributed by atoms with Crippen LogP contribution in [0, 0.1) is 5.82 Å². The molecule has 1 aromatic carbocycles. The summed E-state index contributed by atoms with van der Waals surface area (Å²) >= 11 is 1.83. The maximum absolute atomic E-state index is 13.9. The van der Waals surface area contributed by atoms with Crippen LogP contribution in [0.1, 0.15) is 23.3 Å². The van der Waals surface area contributed by atoms with Crippen LogP contribution >= 0.6 is 11.3 Å². The van der Waals surface area contributed by atoms with Gasteiger partial charge in [-0.3, -0.25) is 4.90 Å². The van der Waals surface area contributed by atoms with Crippen LogP contribution in [-0.4, -0.2) is 50.4 Å². The number of ether oxygens (including phenoxy) is 1. The summed E-state index contributed by atoms with van der Waals surface area (Å²) in [6, 6.07) is 6.41. The van der Waals surface area contributed by atoms with Crippen molar-refractivity contribution in [3.63, 3.8) is 0 Å². The second-order valence-electron chi connectivity index (χ2n) is 7.02. The molecule has 0 atom stereocenters. The number of rotatable bonds is 4. The predicted octanol–water partition coefficient (Wildman–Crippen LogP) is 3.11. The van der Waals surface area contributed by atoms with E-state index >= 15 is 0 Å². The number of hydrogen-bond acceptors (Lipinski definition) is 5. The van der Waals surface area contributed by atoms with Gasteiger partial charge in [0, 0.05) is 37.1 Å². The van der Waals surface area contributed by atoms with Gasteiger partial charge in [-0.2, -0.15) is 4.31 Å². The number of benzene rings is 1. The van der Waals surface area contributed by atoms with Crippen molar-refractivity contribution in [2.75, 3.05) is 26.7 Å². The van der Waals surface area contributed by atoms with Crippen LogP contribution in [0.3, 0.4) is 0 Å². The highest BCUT2D eigenvalue weighted by Crippen LogP contribution is 2.30. The number of nitrogens with zero attached hydrogens (tertiary/aromatic N) is 2. The molecule has 0 spiro atoms. The van der Waals surface area contributed by atoms with Gasteiger partial charge in [-0.25, -0.2) is 12.8 Å². The average Bonchev–Trinajstić information content (AvgIpc) is 3.16. The normalized spacial score (nSPS) is 19.8. The number of thiophene rings is 1. The van der Waals surface area contributed by atoms with Gasteiger partial charge >= 0.3 is 0 Å². The molecule has 0 radical (unpaired) electrons. The molecule has 0 saturated carbocycles. The van der Waals surface area contributed by atoms with Crippen LogP contribution in [0.4, 0.5) is 4.39 Å². The molecule has 2 aliphatic heterocycles. The summed E-state index contributed by atoms with van der Waals surface area (Å²) in [5.41, 5.74) is 1.41. The fraction of sp³-hybridized carbons (Fsp3) is 0.474. The topological polar surface area (TPSA) is 49.9 Å². The van der Waals surface area contributed by atoms with Gasteiger partial charge in [0.15, 0.2) is 11.6 Å². The lowest BCUT2D eigenvalue weighted by Gasteiger charge is -2.39. The van der Waals surface area contributed by atoms with Crippen molar-refractivity contribution in [3.05, 3.63) is 45.9 Å². The first-order valence-electron chi connectivity index (χ1n) is 9.12. The van der Waals surface area contributed by atoms with Gasteiger partial charge in [-0.15, -0.1) is 11.3 Å². The van der Waals surface area contributed by atoms with E-state index in [9.17, 15) is 12.8 Å². The Morgan fingerprint density at radius 2 is 1.96 bits per heavy atom. The Bertz CT molecular complexity index is 921. The van der Waals surface area contributed by atoms with E-state index in [0.717, 1.165) is 38.4 Å². The highest BCUT2D eigenvalue weighted by molar-refractivity contribution is 7.89. The van der Waals surface area contributed by atoms with Gasteiger partial charge in [-0.1, -0.05) is 0 Å². The number of methoxy groups -OCH3 is 1. The minimum atomic E-state index is -3.68. The van der Waals surface area contributed by atoms with Gasteiger partial charge in [0.05, 0.1) is 12.0 Å². The highest BCUT2D eigenvalue weighted by Gasteiger charge is 2.33. The van der Waals surface area contributed by atoms with Crippen LogP contribution in [0.15, 0.2) is 34.5 Å². The Morgan fingerprint density at radius 1 is 1.19 bits per heavy atom. The van der Waals surface area contributed by atoms with Crippen molar-refractivity contribution in [2.24, 2.45) is 0 Å². The lowest BCUT2D eigenvalue weighted by atomic mass is 10.0. The van der Waals surface area contributed by atoms with E-state index in [-0.39, 0.29) is 10.6 Å². The zero-order valence-electron chi connectivity index (χ0n) is 15.2. The van der Waals surface area contributed by atoms with Crippen molar-refractivity contribution in [3.8, 4) is 5.75 Å². The Balaban J connectivity index is 1.42. The van der Waals surface area contributed by atoms with Gasteiger partial charge in [0.25, 0.3) is 0 Å². The molecule has 0 N–H and O–H groups in total. The van der Waals surface area contributed by atoms with E-state index in [0.29, 0.717) is 19.1 Å². The van der Waals surface area contributed by atoms with E-state index in [2.05, 4.69) is 16.3 Å². The smallest absolute Gasteiger partial charge is 0.243 e. The van der Waals surface area contributed by atoms with Crippen molar-refractivity contribution in [1.29, 1.82) is 0 Å². The first-order chi connectivity index (χ1) is 13.0. The van der Waals surface area contributed by atoms with Crippen LogP contribution in [0.2, 0.25) is 0 Å². The van der Waals surface area contributed by atoms with E-state index in [1.165, 1.54) is 34.0 Å². The summed E-state index contributed by atoms with van der Waals surface area (Å²) in [6.07, 6.45) is 2.69. The SMILES string of the molecule is COc1ccc(S(=O)(=O)N2CCC(N3CCc4sccc4C3)CC2)cc1F. The van der Waals surface area contributed by atoms with Crippen molar-refractivity contribution in [2.45, 2.75) is 36.7 Å². The van der Waals surface area contributed by atoms with Crippen LogP contribution in [-0.2, 0) is 23.0 Å². The van der Waals surface area contributed by atoms with E-state index in [1.54, 1.807) is 0 Å². The summed E-state index contributed by atoms with van der Waals surface area (Å²) in [5.74, 6) is -0.612. The minimum absolute atomic E-state index is 0.0138. The number of piperidine rings is 1. The molecule has 4 rings (SSSR count). The quantitative estimate of drug-likeness (QED) is 0.777. The highest BCUT2D eigenvalue weighted by atomic mass is 32.2. The Kier molecular flexibility index (Phi) is 5.24. The molecular weight excluding hydrogens is 387 g/mol. The molecule has 1 fully saturated rings. The number of hydrogen-bond donors (Lipinski definition) is 0. The first-order valence-corrected chi connectivity index (χ1v) is 11.4. The largest absolute Gasteiger partial charge is 0.494 e. The van der Waals surface area contributed by atoms with Gasteiger partial charge in [-0.05, 0) is 54.5 Å². The van der Waals surface area contributed by atoms with E-state index in [4.69, 9.17) is 4.74 Å². The maximum Gasteiger partial charge on any atom is 0.243 e. The molecule has 8 heteroatoms. The zero-order chi connectivity index (χ0) is 19.0. The molecule has 5 nitrogen and oxygen atoms in total. The van der Waals surface area contributed by atoms with Gasteiger partial charge in [0.1, 0.15) is 0 Å². The molecule has 0 unspecified atom stereocenters. The first kappa shape index (κ1) is 18.9. The fourth-order valence-corrected chi connectivity index (χ4v) is 6.36. The molecule has 1 saturated heterocycles. The van der Waals surface area contributed by atoms with Crippen LogP contribution in [0.25, 0.3) is 0 Å². The summed E-state index contributed by atoms with van der Waals surface area (Å²) in [7, 11) is -2.32. The van der Waals surface area contributed by atoms with Crippen LogP contribution in [0.5, 0.6) is 5.75 Å². The fourth-order valence-electron chi connectivity index (χ4n) is 3.99. The third kappa shape index (κ3) is 3.63. The molecule has 0 aliphatic carbocycles. The molecule has 27 heavy (non-hydrogen) atoms. The molecular formula is C19H23FN2O3S2. The molecule has 3 heterocycles. The average molecular weight is 411 g/mol. The number of sulfonamides is 1. The van der Waals surface area contributed by atoms with Crippen molar-refractivity contribution in [1.82, 2.24) is 9.21 Å². The third-order valence-corrected chi connectivity index (χ3v) is 8.46.